The Morgan fingerprint density at radius 3 is 2.62 bits per heavy atom. The van der Waals surface area contributed by atoms with E-state index in [0.717, 1.165) is 38.1 Å². The Kier molecular flexibility index (Phi) is 5.81. The molecule has 4 nitrogen and oxygen atoms in total. The van der Waals surface area contributed by atoms with Crippen LogP contribution in [0.15, 0.2) is 36.9 Å². The molecule has 1 N–H and O–H groups in total. The normalized spacial score (nSPS) is 18.0. The summed E-state index contributed by atoms with van der Waals surface area (Å²) in [6.07, 6.45) is 4.59. The summed E-state index contributed by atoms with van der Waals surface area (Å²) in [5.41, 5.74) is 1.29. The molecule has 1 heterocycles. The zero-order chi connectivity index (χ0) is 15.1. The van der Waals surface area contributed by atoms with Crippen LogP contribution in [0.2, 0.25) is 0 Å². The molecule has 1 unspecified atom stereocenters. The van der Waals surface area contributed by atoms with Crippen LogP contribution in [-0.4, -0.2) is 37.0 Å². The van der Waals surface area contributed by atoms with Crippen LogP contribution in [-0.2, 0) is 4.79 Å². The maximum absolute atomic E-state index is 10.5. The van der Waals surface area contributed by atoms with E-state index in [0.29, 0.717) is 18.7 Å². The third-order valence-electron chi connectivity index (χ3n) is 4.11. The lowest BCUT2D eigenvalue weighted by Gasteiger charge is -2.36. The van der Waals surface area contributed by atoms with E-state index in [1.807, 2.05) is 12.1 Å². The number of carbonyl (C=O) groups excluding carboxylic acids is 1. The molecule has 114 valence electrons. The van der Waals surface area contributed by atoms with Gasteiger partial charge in [-0.1, -0.05) is 24.8 Å². The molecule has 0 spiro atoms. The number of nitrogens with one attached hydrogen (secondary N) is 1. The molecular formula is C17H24N2O2. The maximum Gasteiger partial charge on any atom is 0.207 e. The van der Waals surface area contributed by atoms with Crippen molar-refractivity contribution in [2.24, 2.45) is 0 Å². The van der Waals surface area contributed by atoms with Crippen LogP contribution >= 0.6 is 0 Å². The molecule has 0 saturated carbocycles. The monoisotopic (exact) mass is 288 g/mol. The Morgan fingerprint density at radius 2 is 2.05 bits per heavy atom. The van der Waals surface area contributed by atoms with Crippen LogP contribution in [0.4, 0.5) is 0 Å². The van der Waals surface area contributed by atoms with Gasteiger partial charge in [-0.25, -0.2) is 0 Å². The topological polar surface area (TPSA) is 41.6 Å². The minimum atomic E-state index is 0.334. The summed E-state index contributed by atoms with van der Waals surface area (Å²) in [7, 11) is 0. The summed E-state index contributed by atoms with van der Waals surface area (Å²) in [6, 6.07) is 8.99. The van der Waals surface area contributed by atoms with Crippen molar-refractivity contribution in [2.45, 2.75) is 31.8 Å². The van der Waals surface area contributed by atoms with Gasteiger partial charge in [0.2, 0.25) is 6.41 Å². The second kappa shape index (κ2) is 7.84. The number of carbonyl (C=O) groups is 1. The second-order valence-corrected chi connectivity index (χ2v) is 5.44. The number of likely N-dealkylation sites (tertiary alicyclic amines) is 1. The van der Waals surface area contributed by atoms with E-state index in [4.69, 9.17) is 4.74 Å². The van der Waals surface area contributed by atoms with Crippen molar-refractivity contribution in [2.75, 3.05) is 19.7 Å². The molecular weight excluding hydrogens is 264 g/mol. The van der Waals surface area contributed by atoms with Gasteiger partial charge in [0, 0.05) is 25.2 Å². The Bertz CT molecular complexity index is 450. The van der Waals surface area contributed by atoms with Gasteiger partial charge in [-0.3, -0.25) is 9.69 Å². The molecule has 2 rings (SSSR count). The fourth-order valence-corrected chi connectivity index (χ4v) is 2.76. The van der Waals surface area contributed by atoms with Gasteiger partial charge in [0.25, 0.3) is 0 Å². The van der Waals surface area contributed by atoms with E-state index in [-0.39, 0.29) is 0 Å². The van der Waals surface area contributed by atoms with Gasteiger partial charge in [0.05, 0.1) is 0 Å². The highest BCUT2D eigenvalue weighted by Gasteiger charge is 2.23. The summed E-state index contributed by atoms with van der Waals surface area (Å²) < 4.78 is 5.50. The number of benzene rings is 1. The van der Waals surface area contributed by atoms with Crippen molar-refractivity contribution in [3.8, 4) is 5.75 Å². The fourth-order valence-electron chi connectivity index (χ4n) is 2.76. The van der Waals surface area contributed by atoms with E-state index in [2.05, 4.69) is 35.9 Å². The highest BCUT2D eigenvalue weighted by Crippen LogP contribution is 2.25. The second-order valence-electron chi connectivity index (χ2n) is 5.44. The Hall–Kier alpha value is -1.81. The van der Waals surface area contributed by atoms with Crippen molar-refractivity contribution in [1.29, 1.82) is 0 Å². The predicted octanol–water partition coefficient (Wildman–Crippen LogP) is 2.52. The summed E-state index contributed by atoms with van der Waals surface area (Å²) >= 11 is 0. The molecule has 0 bridgehead atoms. The number of ether oxygens (including phenoxy) is 1. The van der Waals surface area contributed by atoms with Gasteiger partial charge in [0.15, 0.2) is 0 Å². The third-order valence-corrected chi connectivity index (χ3v) is 4.11. The molecule has 1 aliphatic heterocycles. The first-order chi connectivity index (χ1) is 10.2. The molecule has 1 amide bonds. The number of hydrogen-bond acceptors (Lipinski definition) is 3. The zero-order valence-corrected chi connectivity index (χ0v) is 12.6. The van der Waals surface area contributed by atoms with E-state index >= 15 is 0 Å². The van der Waals surface area contributed by atoms with Crippen molar-refractivity contribution in [1.82, 2.24) is 10.2 Å². The first-order valence-electron chi connectivity index (χ1n) is 7.52. The summed E-state index contributed by atoms with van der Waals surface area (Å²) in [5.74, 6) is 0.875. The molecule has 0 radical (unpaired) electrons. The summed E-state index contributed by atoms with van der Waals surface area (Å²) in [5, 5.41) is 2.88. The Balaban J connectivity index is 1.89. The van der Waals surface area contributed by atoms with Crippen LogP contribution in [0.5, 0.6) is 5.75 Å². The van der Waals surface area contributed by atoms with E-state index in [1.165, 1.54) is 5.56 Å². The average molecular weight is 288 g/mol. The van der Waals surface area contributed by atoms with E-state index in [9.17, 15) is 4.79 Å². The highest BCUT2D eigenvalue weighted by molar-refractivity contribution is 5.46. The lowest BCUT2D eigenvalue weighted by Crippen LogP contribution is -2.42. The zero-order valence-electron chi connectivity index (χ0n) is 12.6. The van der Waals surface area contributed by atoms with Crippen LogP contribution < -0.4 is 10.1 Å². The van der Waals surface area contributed by atoms with Crippen LogP contribution in [0.1, 0.15) is 31.4 Å². The summed E-state index contributed by atoms with van der Waals surface area (Å²) in [6.45, 7) is 8.44. The van der Waals surface area contributed by atoms with Crippen LogP contribution in [0, 0.1) is 0 Å². The largest absolute Gasteiger partial charge is 0.490 e. The molecule has 1 fully saturated rings. The number of hydrogen-bond donors (Lipinski definition) is 1. The van der Waals surface area contributed by atoms with Gasteiger partial charge >= 0.3 is 0 Å². The molecule has 1 aromatic rings. The van der Waals surface area contributed by atoms with E-state index in [1.54, 1.807) is 6.08 Å². The summed E-state index contributed by atoms with van der Waals surface area (Å²) in [4.78, 5) is 12.9. The lowest BCUT2D eigenvalue weighted by molar-refractivity contribution is -0.110. The standard InChI is InChI=1S/C17H24N2O2/c1-3-12-21-17-6-4-15(5-7-17)14(2)19-10-8-16(9-11-19)18-13-20/h3-7,13-14,16H,1,8-12H2,2H3,(H,18,20). The Labute approximate surface area is 126 Å². The van der Waals surface area contributed by atoms with Gasteiger partial charge < -0.3 is 10.1 Å². The SMILES string of the molecule is C=CCOc1ccc(C(C)N2CCC(NC=O)CC2)cc1. The highest BCUT2D eigenvalue weighted by atomic mass is 16.5. The van der Waals surface area contributed by atoms with Crippen LogP contribution in [0.3, 0.4) is 0 Å². The number of rotatable bonds is 7. The molecule has 1 aromatic carbocycles. The van der Waals surface area contributed by atoms with Gasteiger partial charge in [-0.15, -0.1) is 0 Å². The fraction of sp³-hybridized carbons (Fsp3) is 0.471. The lowest BCUT2D eigenvalue weighted by atomic mass is 10.0. The first-order valence-corrected chi connectivity index (χ1v) is 7.52. The molecule has 1 aliphatic rings. The van der Waals surface area contributed by atoms with Gasteiger partial charge in [0.1, 0.15) is 12.4 Å². The minimum absolute atomic E-state index is 0.334. The number of piperidine rings is 1. The Morgan fingerprint density at radius 1 is 1.38 bits per heavy atom. The maximum atomic E-state index is 10.5. The van der Waals surface area contributed by atoms with Crippen molar-refractivity contribution < 1.29 is 9.53 Å². The molecule has 1 atom stereocenters. The van der Waals surface area contributed by atoms with Crippen molar-refractivity contribution >= 4 is 6.41 Å². The molecule has 0 aromatic heterocycles. The average Bonchev–Trinajstić information content (AvgIpc) is 2.54. The van der Waals surface area contributed by atoms with Gasteiger partial charge in [-0.2, -0.15) is 0 Å². The molecule has 1 saturated heterocycles. The third kappa shape index (κ3) is 4.33. The molecule has 0 aliphatic carbocycles. The van der Waals surface area contributed by atoms with E-state index < -0.39 is 0 Å². The molecule has 4 heteroatoms. The number of nitrogens with zero attached hydrogens (tertiary/aromatic N) is 1. The van der Waals surface area contributed by atoms with Gasteiger partial charge in [-0.05, 0) is 37.5 Å². The first kappa shape index (κ1) is 15.6. The molecule has 21 heavy (non-hydrogen) atoms. The predicted molar refractivity (Wildman–Crippen MR) is 84.3 cm³/mol. The smallest absolute Gasteiger partial charge is 0.207 e. The van der Waals surface area contributed by atoms with Crippen molar-refractivity contribution in [3.05, 3.63) is 42.5 Å². The van der Waals surface area contributed by atoms with Crippen LogP contribution in [0.25, 0.3) is 0 Å². The van der Waals surface area contributed by atoms with Crippen molar-refractivity contribution in [3.63, 3.8) is 0 Å². The number of amides is 1. The quantitative estimate of drug-likeness (QED) is 0.619. The minimum Gasteiger partial charge on any atom is -0.490 e.